The maximum absolute atomic E-state index is 13.4. The summed E-state index contributed by atoms with van der Waals surface area (Å²) in [5.74, 6) is -4.32. The van der Waals surface area contributed by atoms with Gasteiger partial charge in [0.05, 0.1) is 19.6 Å². The summed E-state index contributed by atoms with van der Waals surface area (Å²) >= 11 is 0.932. The molecule has 21 heavy (non-hydrogen) atoms. The standard InChI is InChI=1S/C12H14F2N2O4S/c1-3-20-11(18)9-15-7(5-21-9)10(17)16-6-12(13,14)4-8(16)19-2/h5,8H,3-4,6H2,1-2H3/t8-/m0/s1. The van der Waals surface area contributed by atoms with E-state index in [0.717, 1.165) is 16.2 Å². The normalized spacial score (nSPS) is 20.6. The molecule has 2 rings (SSSR count). The number of likely N-dealkylation sites (tertiary alicyclic amines) is 1. The second-order valence-corrected chi connectivity index (χ2v) is 5.30. The van der Waals surface area contributed by atoms with Crippen LogP contribution < -0.4 is 0 Å². The summed E-state index contributed by atoms with van der Waals surface area (Å²) in [5.41, 5.74) is -0.0668. The number of thiazole rings is 1. The molecule has 0 aliphatic carbocycles. The fourth-order valence-electron chi connectivity index (χ4n) is 2.00. The van der Waals surface area contributed by atoms with Crippen LogP contribution in [-0.2, 0) is 9.47 Å². The molecule has 0 unspecified atom stereocenters. The highest BCUT2D eigenvalue weighted by atomic mass is 32.1. The Hall–Kier alpha value is -1.61. The van der Waals surface area contributed by atoms with E-state index in [9.17, 15) is 18.4 Å². The Kier molecular flexibility index (Phi) is 4.52. The van der Waals surface area contributed by atoms with Gasteiger partial charge in [-0.05, 0) is 6.92 Å². The lowest BCUT2D eigenvalue weighted by atomic mass is 10.3. The van der Waals surface area contributed by atoms with Crippen LogP contribution >= 0.6 is 11.3 Å². The first-order valence-corrected chi connectivity index (χ1v) is 7.10. The molecule has 1 atom stereocenters. The number of carbonyl (C=O) groups excluding carboxylic acids is 2. The van der Waals surface area contributed by atoms with Crippen molar-refractivity contribution in [2.75, 3.05) is 20.3 Å². The van der Waals surface area contributed by atoms with Gasteiger partial charge in [0.1, 0.15) is 11.9 Å². The van der Waals surface area contributed by atoms with Crippen molar-refractivity contribution < 1.29 is 27.8 Å². The van der Waals surface area contributed by atoms with E-state index in [-0.39, 0.29) is 17.3 Å². The third-order valence-corrected chi connectivity index (χ3v) is 3.75. The number of hydrogen-bond acceptors (Lipinski definition) is 6. The van der Waals surface area contributed by atoms with E-state index in [1.54, 1.807) is 6.92 Å². The molecule has 1 aromatic heterocycles. The highest BCUT2D eigenvalue weighted by molar-refractivity contribution is 7.11. The van der Waals surface area contributed by atoms with Crippen LogP contribution in [0.2, 0.25) is 0 Å². The van der Waals surface area contributed by atoms with Gasteiger partial charge in [0, 0.05) is 12.5 Å². The summed E-state index contributed by atoms with van der Waals surface area (Å²) in [7, 11) is 1.26. The first-order chi connectivity index (χ1) is 9.88. The van der Waals surface area contributed by atoms with Gasteiger partial charge in [0.15, 0.2) is 0 Å². The minimum atomic E-state index is -2.99. The zero-order valence-corrected chi connectivity index (χ0v) is 12.3. The van der Waals surface area contributed by atoms with Crippen molar-refractivity contribution in [3.63, 3.8) is 0 Å². The Morgan fingerprint density at radius 2 is 2.29 bits per heavy atom. The topological polar surface area (TPSA) is 68.7 Å². The molecular weight excluding hydrogens is 306 g/mol. The summed E-state index contributed by atoms with van der Waals surface area (Å²) < 4.78 is 36.4. The maximum Gasteiger partial charge on any atom is 0.367 e. The fourth-order valence-corrected chi connectivity index (χ4v) is 2.68. The number of esters is 1. The molecule has 6 nitrogen and oxygen atoms in total. The monoisotopic (exact) mass is 320 g/mol. The van der Waals surface area contributed by atoms with Gasteiger partial charge in [-0.3, -0.25) is 4.79 Å². The first kappa shape index (κ1) is 15.8. The number of rotatable bonds is 4. The molecule has 0 spiro atoms. The third-order valence-electron chi connectivity index (χ3n) is 2.93. The zero-order chi connectivity index (χ0) is 15.6. The molecule has 1 aliphatic heterocycles. The molecule has 0 saturated carbocycles. The van der Waals surface area contributed by atoms with E-state index in [1.165, 1.54) is 12.5 Å². The van der Waals surface area contributed by atoms with Crippen LogP contribution in [-0.4, -0.2) is 54.2 Å². The molecule has 0 bridgehead atoms. The Balaban J connectivity index is 2.15. The van der Waals surface area contributed by atoms with Gasteiger partial charge >= 0.3 is 5.97 Å². The lowest BCUT2D eigenvalue weighted by molar-refractivity contribution is -0.00805. The largest absolute Gasteiger partial charge is 0.461 e. The van der Waals surface area contributed by atoms with E-state index >= 15 is 0 Å². The highest BCUT2D eigenvalue weighted by Gasteiger charge is 2.47. The summed E-state index contributed by atoms with van der Waals surface area (Å²) in [6.07, 6.45) is -1.55. The summed E-state index contributed by atoms with van der Waals surface area (Å²) in [6.45, 7) is 1.11. The van der Waals surface area contributed by atoms with Crippen molar-refractivity contribution in [2.24, 2.45) is 0 Å². The van der Waals surface area contributed by atoms with Crippen LogP contribution in [0.4, 0.5) is 8.78 Å². The quantitative estimate of drug-likeness (QED) is 0.791. The van der Waals surface area contributed by atoms with Gasteiger partial charge in [-0.15, -0.1) is 11.3 Å². The SMILES string of the molecule is CCOC(=O)c1nc(C(=O)N2CC(F)(F)C[C@@H]2OC)cs1. The highest BCUT2D eigenvalue weighted by Crippen LogP contribution is 2.33. The van der Waals surface area contributed by atoms with E-state index in [0.29, 0.717) is 0 Å². The Labute approximate surface area is 123 Å². The lowest BCUT2D eigenvalue weighted by Gasteiger charge is -2.21. The van der Waals surface area contributed by atoms with Gasteiger partial charge in [0.2, 0.25) is 5.01 Å². The molecule has 1 amide bonds. The van der Waals surface area contributed by atoms with Gasteiger partial charge in [-0.25, -0.2) is 18.6 Å². The van der Waals surface area contributed by atoms with E-state index in [2.05, 4.69) is 4.98 Å². The van der Waals surface area contributed by atoms with Crippen molar-refractivity contribution >= 4 is 23.2 Å². The molecule has 2 heterocycles. The predicted octanol–water partition coefficient (Wildman–Crippen LogP) is 1.77. The molecule has 1 saturated heterocycles. The maximum atomic E-state index is 13.4. The number of hydrogen-bond donors (Lipinski definition) is 0. The van der Waals surface area contributed by atoms with Crippen LogP contribution in [0.1, 0.15) is 33.6 Å². The van der Waals surface area contributed by atoms with Crippen LogP contribution in [0.5, 0.6) is 0 Å². The molecule has 1 aliphatic rings. The van der Waals surface area contributed by atoms with Gasteiger partial charge in [-0.2, -0.15) is 0 Å². The smallest absolute Gasteiger partial charge is 0.367 e. The number of halogens is 2. The average Bonchev–Trinajstić information content (AvgIpc) is 3.02. The van der Waals surface area contributed by atoms with Crippen molar-refractivity contribution in [2.45, 2.75) is 25.5 Å². The van der Waals surface area contributed by atoms with Crippen molar-refractivity contribution in [1.29, 1.82) is 0 Å². The van der Waals surface area contributed by atoms with E-state index in [1.807, 2.05) is 0 Å². The molecule has 1 aromatic rings. The minimum absolute atomic E-state index is 0.0140. The van der Waals surface area contributed by atoms with E-state index in [4.69, 9.17) is 9.47 Å². The number of ether oxygens (including phenoxy) is 2. The number of aromatic nitrogens is 1. The molecule has 1 fully saturated rings. The molecular formula is C12H14F2N2O4S. The summed E-state index contributed by atoms with van der Waals surface area (Å²) in [6, 6.07) is 0. The van der Waals surface area contributed by atoms with Gasteiger partial charge < -0.3 is 14.4 Å². The van der Waals surface area contributed by atoms with Crippen LogP contribution in [0, 0.1) is 0 Å². The third kappa shape index (κ3) is 3.35. The summed E-state index contributed by atoms with van der Waals surface area (Å²) in [4.78, 5) is 28.4. The Morgan fingerprint density at radius 3 is 2.90 bits per heavy atom. The summed E-state index contributed by atoms with van der Waals surface area (Å²) in [5, 5.41) is 1.36. The second kappa shape index (κ2) is 6.02. The Bertz CT molecular complexity index is 549. The lowest BCUT2D eigenvalue weighted by Crippen LogP contribution is -2.37. The molecule has 0 radical (unpaired) electrons. The molecule has 9 heteroatoms. The van der Waals surface area contributed by atoms with Crippen LogP contribution in [0.25, 0.3) is 0 Å². The van der Waals surface area contributed by atoms with Crippen molar-refractivity contribution in [3.05, 3.63) is 16.1 Å². The van der Waals surface area contributed by atoms with E-state index < -0.39 is 37.0 Å². The van der Waals surface area contributed by atoms with Crippen LogP contribution in [0.15, 0.2) is 5.38 Å². The average molecular weight is 320 g/mol. The van der Waals surface area contributed by atoms with Gasteiger partial charge in [0.25, 0.3) is 11.8 Å². The number of amides is 1. The number of carbonyl (C=O) groups is 2. The fraction of sp³-hybridized carbons (Fsp3) is 0.583. The molecule has 0 aromatic carbocycles. The Morgan fingerprint density at radius 1 is 1.57 bits per heavy atom. The predicted molar refractivity (Wildman–Crippen MR) is 69.5 cm³/mol. The first-order valence-electron chi connectivity index (χ1n) is 6.22. The van der Waals surface area contributed by atoms with Crippen molar-refractivity contribution in [1.82, 2.24) is 9.88 Å². The zero-order valence-electron chi connectivity index (χ0n) is 11.5. The van der Waals surface area contributed by atoms with Gasteiger partial charge in [-0.1, -0.05) is 0 Å². The molecule has 116 valence electrons. The number of nitrogens with zero attached hydrogens (tertiary/aromatic N) is 2. The van der Waals surface area contributed by atoms with Crippen LogP contribution in [0.3, 0.4) is 0 Å². The second-order valence-electron chi connectivity index (χ2n) is 4.44. The van der Waals surface area contributed by atoms with Crippen molar-refractivity contribution in [3.8, 4) is 0 Å². The minimum Gasteiger partial charge on any atom is -0.461 e. The number of methoxy groups -OCH3 is 1. The molecule has 0 N–H and O–H groups in total. The number of alkyl halides is 2.